The van der Waals surface area contributed by atoms with E-state index < -0.39 is 5.60 Å². The number of hydrogen-bond donors (Lipinski definition) is 2. The maximum Gasteiger partial charge on any atom is 0.252 e. The predicted octanol–water partition coefficient (Wildman–Crippen LogP) is 0.651. The van der Waals surface area contributed by atoms with Crippen molar-refractivity contribution < 1.29 is 9.90 Å². The summed E-state index contributed by atoms with van der Waals surface area (Å²) in [5.41, 5.74) is -0.280. The fourth-order valence-corrected chi connectivity index (χ4v) is 1.86. The largest absolute Gasteiger partial charge is 0.380 e. The number of nitrogens with one attached hydrogen (secondary N) is 1. The highest BCUT2D eigenvalue weighted by Crippen LogP contribution is 2.31. The Kier molecular flexibility index (Phi) is 2.04. The molecule has 0 saturated carbocycles. The lowest BCUT2D eigenvalue weighted by molar-refractivity contribution is -0.134. The van der Waals surface area contributed by atoms with Gasteiger partial charge in [0.1, 0.15) is 5.60 Å². The molecule has 1 fully saturated rings. The number of carbonyl (C=O) groups is 1. The van der Waals surface area contributed by atoms with E-state index in [0.29, 0.717) is 6.54 Å². The summed E-state index contributed by atoms with van der Waals surface area (Å²) < 4.78 is 0. The maximum atomic E-state index is 11.3. The van der Waals surface area contributed by atoms with Crippen LogP contribution in [0.1, 0.15) is 18.4 Å². The van der Waals surface area contributed by atoms with Crippen LogP contribution in [0.3, 0.4) is 0 Å². The zero-order valence-electron chi connectivity index (χ0n) is 8.03. The van der Waals surface area contributed by atoms with Crippen LogP contribution in [0, 0.1) is 0 Å². The van der Waals surface area contributed by atoms with Gasteiger partial charge in [0, 0.05) is 12.5 Å². The van der Waals surface area contributed by atoms with Gasteiger partial charge < -0.3 is 10.4 Å². The van der Waals surface area contributed by atoms with Crippen LogP contribution in [0.25, 0.3) is 0 Å². The van der Waals surface area contributed by atoms with Gasteiger partial charge in [-0.2, -0.15) is 0 Å². The van der Waals surface area contributed by atoms with Crippen LogP contribution in [0.2, 0.25) is 0 Å². The molecule has 0 aliphatic carbocycles. The zero-order chi connectivity index (χ0) is 10.2. The molecule has 1 aromatic carbocycles. The van der Waals surface area contributed by atoms with E-state index in [4.69, 9.17) is 0 Å². The first-order valence-electron chi connectivity index (χ1n) is 4.68. The molecule has 1 amide bonds. The van der Waals surface area contributed by atoms with Gasteiger partial charge in [0.05, 0.1) is 0 Å². The Morgan fingerprint density at radius 1 is 1.43 bits per heavy atom. The van der Waals surface area contributed by atoms with E-state index in [1.54, 1.807) is 6.92 Å². The third kappa shape index (κ3) is 1.30. The minimum atomic E-state index is -1.28. The second-order valence-corrected chi connectivity index (χ2v) is 3.82. The van der Waals surface area contributed by atoms with Crippen molar-refractivity contribution in [3.05, 3.63) is 35.9 Å². The second-order valence-electron chi connectivity index (χ2n) is 3.82. The van der Waals surface area contributed by atoms with Gasteiger partial charge >= 0.3 is 0 Å². The number of benzene rings is 1. The van der Waals surface area contributed by atoms with E-state index >= 15 is 0 Å². The first kappa shape index (κ1) is 9.21. The van der Waals surface area contributed by atoms with Gasteiger partial charge in [0.15, 0.2) is 0 Å². The van der Waals surface area contributed by atoms with Crippen LogP contribution in [0.15, 0.2) is 30.3 Å². The molecule has 2 unspecified atom stereocenters. The standard InChI is InChI=1S/C11H13NO2/c1-11(14)9(7-12-10(11)13)8-5-3-2-4-6-8/h2-6,9,14H,7H2,1H3,(H,12,13). The highest BCUT2D eigenvalue weighted by atomic mass is 16.3. The highest BCUT2D eigenvalue weighted by molar-refractivity contribution is 5.88. The van der Waals surface area contributed by atoms with E-state index in [2.05, 4.69) is 5.32 Å². The monoisotopic (exact) mass is 191 g/mol. The Hall–Kier alpha value is -1.35. The number of hydrogen-bond acceptors (Lipinski definition) is 2. The maximum absolute atomic E-state index is 11.3. The lowest BCUT2D eigenvalue weighted by Gasteiger charge is -2.22. The Balaban J connectivity index is 2.33. The van der Waals surface area contributed by atoms with Crippen LogP contribution >= 0.6 is 0 Å². The molecule has 1 saturated heterocycles. The second kappa shape index (κ2) is 3.10. The van der Waals surface area contributed by atoms with Crippen molar-refractivity contribution in [3.8, 4) is 0 Å². The summed E-state index contributed by atoms with van der Waals surface area (Å²) in [5, 5.41) is 12.6. The first-order valence-corrected chi connectivity index (χ1v) is 4.68. The average Bonchev–Trinajstić information content (AvgIpc) is 2.44. The summed E-state index contributed by atoms with van der Waals surface area (Å²) >= 11 is 0. The summed E-state index contributed by atoms with van der Waals surface area (Å²) in [5.74, 6) is -0.428. The van der Waals surface area contributed by atoms with Gasteiger partial charge in [-0.25, -0.2) is 0 Å². The fourth-order valence-electron chi connectivity index (χ4n) is 1.86. The summed E-state index contributed by atoms with van der Waals surface area (Å²) in [6.45, 7) is 2.07. The Bertz CT molecular complexity index is 346. The summed E-state index contributed by atoms with van der Waals surface area (Å²) in [4.78, 5) is 11.3. The van der Waals surface area contributed by atoms with Gasteiger partial charge in [0.2, 0.25) is 0 Å². The van der Waals surface area contributed by atoms with Crippen LogP contribution < -0.4 is 5.32 Å². The molecular formula is C11H13NO2. The average molecular weight is 191 g/mol. The molecule has 1 heterocycles. The van der Waals surface area contributed by atoms with E-state index in [9.17, 15) is 9.90 Å². The molecule has 1 aliphatic heterocycles. The number of rotatable bonds is 1. The van der Waals surface area contributed by atoms with Crippen molar-refractivity contribution in [2.24, 2.45) is 0 Å². The molecule has 3 nitrogen and oxygen atoms in total. The van der Waals surface area contributed by atoms with E-state index in [-0.39, 0.29) is 11.8 Å². The minimum Gasteiger partial charge on any atom is -0.380 e. The smallest absolute Gasteiger partial charge is 0.252 e. The molecule has 2 rings (SSSR count). The molecule has 0 radical (unpaired) electrons. The van der Waals surface area contributed by atoms with Gasteiger partial charge in [0.25, 0.3) is 5.91 Å². The first-order chi connectivity index (χ1) is 6.62. The summed E-state index contributed by atoms with van der Waals surface area (Å²) in [7, 11) is 0. The van der Waals surface area contributed by atoms with Crippen molar-refractivity contribution in [3.63, 3.8) is 0 Å². The Morgan fingerprint density at radius 2 is 2.07 bits per heavy atom. The van der Waals surface area contributed by atoms with Crippen molar-refractivity contribution >= 4 is 5.91 Å². The molecule has 74 valence electrons. The van der Waals surface area contributed by atoms with Crippen molar-refractivity contribution in [1.29, 1.82) is 0 Å². The van der Waals surface area contributed by atoms with Crippen LogP contribution in [-0.4, -0.2) is 23.2 Å². The summed E-state index contributed by atoms with van der Waals surface area (Å²) in [6.07, 6.45) is 0. The third-order valence-electron chi connectivity index (χ3n) is 2.81. The van der Waals surface area contributed by atoms with E-state index in [0.717, 1.165) is 5.56 Å². The lowest BCUT2D eigenvalue weighted by atomic mass is 9.86. The quantitative estimate of drug-likeness (QED) is 0.684. The van der Waals surface area contributed by atoms with Crippen molar-refractivity contribution in [2.75, 3.05) is 6.54 Å². The molecule has 1 aromatic rings. The number of aliphatic hydroxyl groups is 1. The van der Waals surface area contributed by atoms with Crippen LogP contribution in [0.4, 0.5) is 0 Å². The van der Waals surface area contributed by atoms with E-state index in [1.165, 1.54) is 0 Å². The van der Waals surface area contributed by atoms with Gasteiger partial charge in [-0.05, 0) is 12.5 Å². The molecular weight excluding hydrogens is 178 g/mol. The molecule has 2 atom stereocenters. The van der Waals surface area contributed by atoms with Gasteiger partial charge in [-0.15, -0.1) is 0 Å². The SMILES string of the molecule is CC1(O)C(=O)NCC1c1ccccc1. The third-order valence-corrected chi connectivity index (χ3v) is 2.81. The Labute approximate surface area is 82.8 Å². The summed E-state index contributed by atoms with van der Waals surface area (Å²) in [6, 6.07) is 9.60. The van der Waals surface area contributed by atoms with Crippen LogP contribution in [0.5, 0.6) is 0 Å². The highest BCUT2D eigenvalue weighted by Gasteiger charge is 2.45. The number of amides is 1. The van der Waals surface area contributed by atoms with Gasteiger partial charge in [-0.3, -0.25) is 4.79 Å². The van der Waals surface area contributed by atoms with E-state index in [1.807, 2.05) is 30.3 Å². The normalized spacial score (nSPS) is 31.6. The fraction of sp³-hybridized carbons (Fsp3) is 0.364. The molecule has 2 N–H and O–H groups in total. The molecule has 0 bridgehead atoms. The minimum absolute atomic E-state index is 0.142. The molecule has 1 aliphatic rings. The molecule has 0 aromatic heterocycles. The molecule has 3 heteroatoms. The molecule has 14 heavy (non-hydrogen) atoms. The van der Waals surface area contributed by atoms with Crippen molar-refractivity contribution in [1.82, 2.24) is 5.32 Å². The van der Waals surface area contributed by atoms with Gasteiger partial charge in [-0.1, -0.05) is 30.3 Å². The Morgan fingerprint density at radius 3 is 2.57 bits per heavy atom. The van der Waals surface area contributed by atoms with Crippen LogP contribution in [-0.2, 0) is 4.79 Å². The molecule has 0 spiro atoms. The topological polar surface area (TPSA) is 49.3 Å². The lowest BCUT2D eigenvalue weighted by Crippen LogP contribution is -2.37. The number of carbonyl (C=O) groups excluding carboxylic acids is 1. The predicted molar refractivity (Wildman–Crippen MR) is 52.8 cm³/mol. The van der Waals surface area contributed by atoms with Crippen molar-refractivity contribution in [2.45, 2.75) is 18.4 Å². The zero-order valence-corrected chi connectivity index (χ0v) is 8.03.